The van der Waals surface area contributed by atoms with Crippen LogP contribution in [0.4, 0.5) is 0 Å². The summed E-state index contributed by atoms with van der Waals surface area (Å²) in [5, 5.41) is 8.52. The van der Waals surface area contributed by atoms with Crippen LogP contribution >= 0.6 is 11.6 Å². The van der Waals surface area contributed by atoms with Gasteiger partial charge in [-0.05, 0) is 31.0 Å². The molecule has 0 aliphatic carbocycles. The van der Waals surface area contributed by atoms with Crippen LogP contribution in [0.5, 0.6) is 0 Å². The topological polar surface area (TPSA) is 61.2 Å². The van der Waals surface area contributed by atoms with Gasteiger partial charge in [0.1, 0.15) is 0 Å². The number of rotatable bonds is 5. The largest absolute Gasteiger partial charge is 0.230 e. The number of hydrogen-bond acceptors (Lipinski definition) is 3. The van der Waals surface area contributed by atoms with Crippen molar-refractivity contribution in [2.75, 3.05) is 7.05 Å². The highest BCUT2D eigenvalue weighted by Gasteiger charge is 2.31. The van der Waals surface area contributed by atoms with Gasteiger partial charge >= 0.3 is 0 Å². The first-order valence-electron chi connectivity index (χ1n) is 5.96. The van der Waals surface area contributed by atoms with E-state index in [-0.39, 0.29) is 12.5 Å². The van der Waals surface area contributed by atoms with Crippen LogP contribution in [-0.4, -0.2) is 25.0 Å². The lowest BCUT2D eigenvalue weighted by Gasteiger charge is -2.26. The van der Waals surface area contributed by atoms with Gasteiger partial charge in [0, 0.05) is 18.1 Å². The lowest BCUT2D eigenvalue weighted by molar-refractivity contribution is 0.394. The molecule has 19 heavy (non-hydrogen) atoms. The molecular weight excluding hydrogens is 284 g/mol. The molecule has 0 aliphatic heterocycles. The van der Waals surface area contributed by atoms with Gasteiger partial charge in [-0.15, -0.1) is 0 Å². The van der Waals surface area contributed by atoms with E-state index in [1.54, 1.807) is 38.1 Å². The SMILES string of the molecule is CCC(C#N)S(=O)(=O)N(C)C(C)c1ccc(Cl)cc1. The van der Waals surface area contributed by atoms with Crippen molar-refractivity contribution in [3.63, 3.8) is 0 Å². The summed E-state index contributed by atoms with van der Waals surface area (Å²) in [5.41, 5.74) is 0.836. The molecule has 1 rings (SSSR count). The molecule has 0 amide bonds. The molecule has 1 aromatic rings. The number of hydrogen-bond donors (Lipinski definition) is 0. The van der Waals surface area contributed by atoms with Gasteiger partial charge in [0.15, 0.2) is 5.25 Å². The maximum atomic E-state index is 12.3. The van der Waals surface area contributed by atoms with Crippen LogP contribution in [0.2, 0.25) is 5.02 Å². The predicted molar refractivity (Wildman–Crippen MR) is 76.2 cm³/mol. The Morgan fingerprint density at radius 3 is 2.32 bits per heavy atom. The molecule has 0 saturated heterocycles. The molecule has 0 spiro atoms. The molecule has 0 aromatic heterocycles. The molecule has 2 atom stereocenters. The first kappa shape index (κ1) is 16.0. The van der Waals surface area contributed by atoms with Crippen molar-refractivity contribution in [2.45, 2.75) is 31.6 Å². The van der Waals surface area contributed by atoms with E-state index in [9.17, 15) is 8.42 Å². The Balaban J connectivity index is 3.03. The zero-order valence-electron chi connectivity index (χ0n) is 11.2. The van der Waals surface area contributed by atoms with Gasteiger partial charge in [-0.25, -0.2) is 8.42 Å². The molecule has 0 N–H and O–H groups in total. The summed E-state index contributed by atoms with van der Waals surface area (Å²) < 4.78 is 25.7. The third-order valence-corrected chi connectivity index (χ3v) is 5.70. The van der Waals surface area contributed by atoms with Gasteiger partial charge in [-0.1, -0.05) is 30.7 Å². The van der Waals surface area contributed by atoms with E-state index < -0.39 is 15.3 Å². The van der Waals surface area contributed by atoms with Crippen LogP contribution in [0.25, 0.3) is 0 Å². The summed E-state index contributed by atoms with van der Waals surface area (Å²) in [6, 6.07) is 8.50. The monoisotopic (exact) mass is 300 g/mol. The molecular formula is C13H17ClN2O2S. The molecule has 2 unspecified atom stereocenters. The van der Waals surface area contributed by atoms with E-state index in [2.05, 4.69) is 0 Å². The second-order valence-corrected chi connectivity index (χ2v) is 6.93. The minimum absolute atomic E-state index is 0.274. The van der Waals surface area contributed by atoms with Gasteiger partial charge in [-0.3, -0.25) is 0 Å². The highest BCUT2D eigenvalue weighted by atomic mass is 35.5. The number of halogens is 1. The molecule has 0 fully saturated rings. The summed E-state index contributed by atoms with van der Waals surface area (Å²) in [6.07, 6.45) is 0.274. The molecule has 6 heteroatoms. The van der Waals surface area contributed by atoms with Crippen LogP contribution in [0, 0.1) is 11.3 Å². The van der Waals surface area contributed by atoms with Gasteiger partial charge < -0.3 is 0 Å². The quantitative estimate of drug-likeness (QED) is 0.840. The maximum Gasteiger partial charge on any atom is 0.230 e. The number of nitriles is 1. The Morgan fingerprint density at radius 2 is 1.89 bits per heavy atom. The fourth-order valence-corrected chi connectivity index (χ4v) is 3.39. The summed E-state index contributed by atoms with van der Waals surface area (Å²) in [6.45, 7) is 3.47. The summed E-state index contributed by atoms with van der Waals surface area (Å²) in [5.74, 6) is 0. The molecule has 0 heterocycles. The van der Waals surface area contributed by atoms with E-state index in [4.69, 9.17) is 16.9 Å². The predicted octanol–water partition coefficient (Wildman–Crippen LogP) is 2.96. The van der Waals surface area contributed by atoms with E-state index in [1.165, 1.54) is 11.4 Å². The fraction of sp³-hybridized carbons (Fsp3) is 0.462. The minimum atomic E-state index is -3.62. The highest BCUT2D eigenvalue weighted by Crippen LogP contribution is 2.25. The van der Waals surface area contributed by atoms with E-state index in [1.807, 2.05) is 6.07 Å². The number of sulfonamides is 1. The molecule has 104 valence electrons. The standard InChI is InChI=1S/C13H17ClN2O2S/c1-4-13(9-15)19(17,18)16(3)10(2)11-5-7-12(14)8-6-11/h5-8,10,13H,4H2,1-3H3. The zero-order chi connectivity index (χ0) is 14.6. The zero-order valence-corrected chi connectivity index (χ0v) is 12.7. The molecule has 4 nitrogen and oxygen atoms in total. The first-order chi connectivity index (χ1) is 8.84. The van der Waals surface area contributed by atoms with Crippen molar-refractivity contribution in [1.82, 2.24) is 4.31 Å². The Morgan fingerprint density at radius 1 is 1.37 bits per heavy atom. The van der Waals surface area contributed by atoms with Gasteiger partial charge in [0.2, 0.25) is 10.0 Å². The minimum Gasteiger partial charge on any atom is -0.211 e. The Hall–Kier alpha value is -1.09. The molecule has 1 aromatic carbocycles. The van der Waals surface area contributed by atoms with Crippen molar-refractivity contribution in [3.05, 3.63) is 34.9 Å². The molecule has 0 saturated carbocycles. The molecule has 0 radical (unpaired) electrons. The number of nitrogens with zero attached hydrogens (tertiary/aromatic N) is 2. The molecule has 0 bridgehead atoms. The van der Waals surface area contributed by atoms with Crippen LogP contribution in [0.1, 0.15) is 31.9 Å². The van der Waals surface area contributed by atoms with Gasteiger partial charge in [0.05, 0.1) is 6.07 Å². The van der Waals surface area contributed by atoms with Crippen molar-refractivity contribution in [1.29, 1.82) is 5.26 Å². The second-order valence-electron chi connectivity index (χ2n) is 4.31. The number of benzene rings is 1. The lowest BCUT2D eigenvalue weighted by Crippen LogP contribution is -2.36. The Labute approximate surface area is 119 Å². The Kier molecular flexibility index (Phi) is 5.36. The van der Waals surface area contributed by atoms with Crippen molar-refractivity contribution >= 4 is 21.6 Å². The third-order valence-electron chi connectivity index (χ3n) is 3.17. The second kappa shape index (κ2) is 6.38. The molecule has 0 aliphatic rings. The average Bonchev–Trinajstić information content (AvgIpc) is 2.39. The van der Waals surface area contributed by atoms with E-state index in [0.29, 0.717) is 5.02 Å². The van der Waals surface area contributed by atoms with E-state index >= 15 is 0 Å². The lowest BCUT2D eigenvalue weighted by atomic mass is 10.1. The van der Waals surface area contributed by atoms with Gasteiger partial charge in [0.25, 0.3) is 0 Å². The normalized spacial score (nSPS) is 14.9. The average molecular weight is 301 g/mol. The smallest absolute Gasteiger partial charge is 0.211 e. The van der Waals surface area contributed by atoms with Crippen LogP contribution < -0.4 is 0 Å². The van der Waals surface area contributed by atoms with Crippen molar-refractivity contribution < 1.29 is 8.42 Å². The summed E-state index contributed by atoms with van der Waals surface area (Å²) in [4.78, 5) is 0. The first-order valence-corrected chi connectivity index (χ1v) is 7.84. The Bertz CT molecular complexity index is 563. The van der Waals surface area contributed by atoms with E-state index in [0.717, 1.165) is 5.56 Å². The van der Waals surface area contributed by atoms with Crippen LogP contribution in [-0.2, 0) is 10.0 Å². The van der Waals surface area contributed by atoms with Crippen molar-refractivity contribution in [2.24, 2.45) is 0 Å². The van der Waals surface area contributed by atoms with Gasteiger partial charge in [-0.2, -0.15) is 9.57 Å². The van der Waals surface area contributed by atoms with Crippen LogP contribution in [0.15, 0.2) is 24.3 Å². The van der Waals surface area contributed by atoms with Crippen molar-refractivity contribution in [3.8, 4) is 6.07 Å². The maximum absolute atomic E-state index is 12.3. The van der Waals surface area contributed by atoms with Crippen LogP contribution in [0.3, 0.4) is 0 Å². The third kappa shape index (κ3) is 3.47. The summed E-state index contributed by atoms with van der Waals surface area (Å²) >= 11 is 5.81. The summed E-state index contributed by atoms with van der Waals surface area (Å²) in [7, 11) is -2.12. The fourth-order valence-electron chi connectivity index (χ4n) is 1.74. The highest BCUT2D eigenvalue weighted by molar-refractivity contribution is 7.90.